The van der Waals surface area contributed by atoms with Crippen LogP contribution in [0.1, 0.15) is 36.7 Å². The molecule has 0 saturated carbocycles. The number of carbonyl (C=O) groups is 1. The van der Waals surface area contributed by atoms with Crippen LogP contribution in [-0.4, -0.2) is 44.4 Å². The Balaban J connectivity index is 1.75. The van der Waals surface area contributed by atoms with Crippen molar-refractivity contribution >= 4 is 16.8 Å². The first kappa shape index (κ1) is 24.0. The molecular formula is C25H30N2O6. The van der Waals surface area contributed by atoms with E-state index < -0.39 is 0 Å². The molecule has 0 spiro atoms. The maximum atomic E-state index is 12.8. The van der Waals surface area contributed by atoms with Crippen LogP contribution < -0.4 is 29.8 Å². The largest absolute Gasteiger partial charge is 0.497 e. The van der Waals surface area contributed by atoms with E-state index in [0.717, 1.165) is 5.39 Å². The Labute approximate surface area is 192 Å². The Morgan fingerprint density at radius 2 is 1.61 bits per heavy atom. The lowest BCUT2D eigenvalue weighted by atomic mass is 10.1. The van der Waals surface area contributed by atoms with Gasteiger partial charge in [-0.25, -0.2) is 0 Å². The summed E-state index contributed by atoms with van der Waals surface area (Å²) in [7, 11) is 1.58. The Hall–Kier alpha value is -3.68. The molecular weight excluding hydrogens is 424 g/mol. The molecule has 8 nitrogen and oxygen atoms in total. The first-order valence-electron chi connectivity index (χ1n) is 11.0. The molecule has 3 aromatic rings. The fourth-order valence-electron chi connectivity index (χ4n) is 3.47. The van der Waals surface area contributed by atoms with Crippen LogP contribution in [0.2, 0.25) is 0 Å². The van der Waals surface area contributed by atoms with Crippen molar-refractivity contribution in [3.05, 3.63) is 57.9 Å². The van der Waals surface area contributed by atoms with Gasteiger partial charge in [-0.3, -0.25) is 9.59 Å². The van der Waals surface area contributed by atoms with E-state index in [2.05, 4.69) is 10.3 Å². The lowest BCUT2D eigenvalue weighted by Gasteiger charge is -2.17. The van der Waals surface area contributed by atoms with E-state index in [0.29, 0.717) is 72.4 Å². The van der Waals surface area contributed by atoms with Gasteiger partial charge in [0.2, 0.25) is 5.75 Å². The van der Waals surface area contributed by atoms with Crippen molar-refractivity contribution in [2.24, 2.45) is 0 Å². The number of aromatic amines is 1. The maximum absolute atomic E-state index is 12.8. The number of aromatic nitrogens is 1. The van der Waals surface area contributed by atoms with Gasteiger partial charge >= 0.3 is 0 Å². The monoisotopic (exact) mass is 454 g/mol. The highest BCUT2D eigenvalue weighted by Crippen LogP contribution is 2.39. The fourth-order valence-corrected chi connectivity index (χ4v) is 3.47. The zero-order valence-corrected chi connectivity index (χ0v) is 19.4. The summed E-state index contributed by atoms with van der Waals surface area (Å²) in [5.41, 5.74) is 1.49. The lowest BCUT2D eigenvalue weighted by molar-refractivity contribution is 0.0953. The minimum Gasteiger partial charge on any atom is -0.497 e. The van der Waals surface area contributed by atoms with Crippen molar-refractivity contribution in [1.82, 2.24) is 10.3 Å². The number of amides is 1. The van der Waals surface area contributed by atoms with Crippen molar-refractivity contribution in [2.75, 3.05) is 33.5 Å². The lowest BCUT2D eigenvalue weighted by Crippen LogP contribution is -2.27. The Kier molecular flexibility index (Phi) is 8.18. The highest BCUT2D eigenvalue weighted by molar-refractivity contribution is 5.95. The molecule has 33 heavy (non-hydrogen) atoms. The van der Waals surface area contributed by atoms with Crippen molar-refractivity contribution < 1.29 is 23.7 Å². The van der Waals surface area contributed by atoms with E-state index in [1.807, 2.05) is 39.0 Å². The van der Waals surface area contributed by atoms with Crippen LogP contribution in [0.3, 0.4) is 0 Å². The average Bonchev–Trinajstić information content (AvgIpc) is 2.81. The molecule has 3 rings (SSSR count). The van der Waals surface area contributed by atoms with Gasteiger partial charge in [0.25, 0.3) is 11.5 Å². The summed E-state index contributed by atoms with van der Waals surface area (Å²) in [6.45, 7) is 7.18. The molecule has 0 radical (unpaired) electrons. The van der Waals surface area contributed by atoms with E-state index >= 15 is 0 Å². The number of hydrogen-bond donors (Lipinski definition) is 2. The molecule has 1 heterocycles. The Bertz CT molecular complexity index is 1140. The summed E-state index contributed by atoms with van der Waals surface area (Å²) in [6, 6.07) is 10.6. The number of ether oxygens (including phenoxy) is 4. The summed E-state index contributed by atoms with van der Waals surface area (Å²) >= 11 is 0. The quantitative estimate of drug-likeness (QED) is 0.458. The van der Waals surface area contributed by atoms with E-state index in [1.54, 1.807) is 25.3 Å². The molecule has 176 valence electrons. The van der Waals surface area contributed by atoms with Gasteiger partial charge in [0.15, 0.2) is 11.5 Å². The molecule has 0 atom stereocenters. The number of carbonyl (C=O) groups excluding carboxylic acids is 1. The van der Waals surface area contributed by atoms with Gasteiger partial charge in [0.05, 0.1) is 32.4 Å². The van der Waals surface area contributed by atoms with Crippen molar-refractivity contribution in [3.8, 4) is 23.0 Å². The van der Waals surface area contributed by atoms with Crippen LogP contribution in [0.15, 0.2) is 41.2 Å². The van der Waals surface area contributed by atoms with Gasteiger partial charge < -0.3 is 29.2 Å². The zero-order chi connectivity index (χ0) is 23.8. The summed E-state index contributed by atoms with van der Waals surface area (Å²) in [6.07, 6.45) is 0.386. The van der Waals surface area contributed by atoms with Crippen molar-refractivity contribution in [3.63, 3.8) is 0 Å². The topological polar surface area (TPSA) is 98.9 Å². The van der Waals surface area contributed by atoms with Crippen molar-refractivity contribution in [2.45, 2.75) is 27.2 Å². The number of rotatable bonds is 11. The van der Waals surface area contributed by atoms with Gasteiger partial charge in [-0.1, -0.05) is 0 Å². The molecule has 0 bridgehead atoms. The van der Waals surface area contributed by atoms with Gasteiger partial charge in [0, 0.05) is 23.7 Å². The van der Waals surface area contributed by atoms with Crippen LogP contribution in [0, 0.1) is 0 Å². The second kappa shape index (κ2) is 11.3. The Morgan fingerprint density at radius 1 is 0.939 bits per heavy atom. The normalized spacial score (nSPS) is 10.7. The second-order valence-electron chi connectivity index (χ2n) is 7.18. The van der Waals surface area contributed by atoms with Crippen LogP contribution in [0.25, 0.3) is 10.9 Å². The number of H-pyrrole nitrogens is 1. The number of methoxy groups -OCH3 is 1. The van der Waals surface area contributed by atoms with Gasteiger partial charge in [-0.15, -0.1) is 0 Å². The van der Waals surface area contributed by atoms with Crippen molar-refractivity contribution in [1.29, 1.82) is 0 Å². The zero-order valence-electron chi connectivity index (χ0n) is 19.4. The summed E-state index contributed by atoms with van der Waals surface area (Å²) in [5, 5.41) is 3.76. The SMILES string of the molecule is CCOc1cc(C(=O)NCCc2cc3ccc(OC)cc3[nH]c2=O)cc(OCC)c1OCC. The van der Waals surface area contributed by atoms with E-state index in [1.165, 1.54) is 0 Å². The van der Waals surface area contributed by atoms with E-state index in [9.17, 15) is 9.59 Å². The van der Waals surface area contributed by atoms with Crippen LogP contribution in [0.4, 0.5) is 0 Å². The highest BCUT2D eigenvalue weighted by atomic mass is 16.5. The predicted molar refractivity (Wildman–Crippen MR) is 127 cm³/mol. The minimum absolute atomic E-state index is 0.191. The molecule has 1 aromatic heterocycles. The maximum Gasteiger partial charge on any atom is 0.251 e. The van der Waals surface area contributed by atoms with Gasteiger partial charge in [-0.2, -0.15) is 0 Å². The third kappa shape index (κ3) is 5.77. The minimum atomic E-state index is -0.290. The summed E-state index contributed by atoms with van der Waals surface area (Å²) in [4.78, 5) is 28.1. The molecule has 1 amide bonds. The predicted octanol–water partition coefficient (Wildman–Crippen LogP) is 3.71. The summed E-state index contributed by atoms with van der Waals surface area (Å²) < 4.78 is 22.2. The second-order valence-corrected chi connectivity index (χ2v) is 7.18. The molecule has 2 aromatic carbocycles. The molecule has 8 heteroatoms. The van der Waals surface area contributed by atoms with Crippen LogP contribution in [-0.2, 0) is 6.42 Å². The van der Waals surface area contributed by atoms with Gasteiger partial charge in [-0.05, 0) is 62.9 Å². The molecule has 0 aliphatic heterocycles. The van der Waals surface area contributed by atoms with E-state index in [-0.39, 0.29) is 11.5 Å². The average molecular weight is 455 g/mol. The third-order valence-electron chi connectivity index (χ3n) is 4.98. The fraction of sp³-hybridized carbons (Fsp3) is 0.360. The highest BCUT2D eigenvalue weighted by Gasteiger charge is 2.18. The molecule has 0 saturated heterocycles. The van der Waals surface area contributed by atoms with Crippen LogP contribution >= 0.6 is 0 Å². The number of pyridine rings is 1. The number of benzene rings is 2. The van der Waals surface area contributed by atoms with Gasteiger partial charge in [0.1, 0.15) is 5.75 Å². The first-order valence-corrected chi connectivity index (χ1v) is 11.0. The number of nitrogens with one attached hydrogen (secondary N) is 2. The molecule has 0 fully saturated rings. The standard InChI is InChI=1S/C25H30N2O6/c1-5-31-21-13-18(14-22(32-6-2)23(21)33-7-3)24(28)26-11-10-17-12-16-8-9-19(30-4)15-20(16)27-25(17)29/h8-9,12-15H,5-7,10-11H2,1-4H3,(H,26,28)(H,27,29). The smallest absolute Gasteiger partial charge is 0.251 e. The summed E-state index contributed by atoms with van der Waals surface area (Å²) in [5.74, 6) is 1.78. The molecule has 0 aliphatic rings. The van der Waals surface area contributed by atoms with Crippen LogP contribution in [0.5, 0.6) is 23.0 Å². The molecule has 0 unspecified atom stereocenters. The number of hydrogen-bond acceptors (Lipinski definition) is 6. The first-order chi connectivity index (χ1) is 16.0. The Morgan fingerprint density at radius 3 is 2.21 bits per heavy atom. The van der Waals surface area contributed by atoms with E-state index in [4.69, 9.17) is 18.9 Å². The number of fused-ring (bicyclic) bond motifs is 1. The molecule has 0 aliphatic carbocycles. The third-order valence-corrected chi connectivity index (χ3v) is 4.98. The molecule has 2 N–H and O–H groups in total.